The standard InChI is InChI=1S/C15H15FN2O2/c16-11-3-4-13-12(8-11)14(5-6-17-13)18-7-1-2-10(9-18)15(19)20/h3-6,8,10H,1-2,7,9H2,(H,19,20). The summed E-state index contributed by atoms with van der Waals surface area (Å²) in [6.07, 6.45) is 3.21. The van der Waals surface area contributed by atoms with Gasteiger partial charge in [-0.2, -0.15) is 0 Å². The van der Waals surface area contributed by atoms with Crippen molar-refractivity contribution in [3.8, 4) is 0 Å². The fraction of sp³-hybridized carbons (Fsp3) is 0.333. The van der Waals surface area contributed by atoms with Crippen molar-refractivity contribution < 1.29 is 14.3 Å². The third kappa shape index (κ3) is 2.31. The van der Waals surface area contributed by atoms with Crippen molar-refractivity contribution in [1.29, 1.82) is 0 Å². The molecule has 104 valence electrons. The topological polar surface area (TPSA) is 53.4 Å². The first-order valence-corrected chi connectivity index (χ1v) is 6.67. The lowest BCUT2D eigenvalue weighted by atomic mass is 9.97. The van der Waals surface area contributed by atoms with E-state index >= 15 is 0 Å². The lowest BCUT2D eigenvalue weighted by Crippen LogP contribution is -2.38. The fourth-order valence-electron chi connectivity index (χ4n) is 2.78. The number of pyridine rings is 1. The van der Waals surface area contributed by atoms with Crippen LogP contribution in [0.1, 0.15) is 12.8 Å². The normalized spacial score (nSPS) is 19.2. The van der Waals surface area contributed by atoms with Crippen molar-refractivity contribution in [2.45, 2.75) is 12.8 Å². The smallest absolute Gasteiger partial charge is 0.308 e. The Morgan fingerprint density at radius 3 is 3.05 bits per heavy atom. The Morgan fingerprint density at radius 2 is 2.25 bits per heavy atom. The van der Waals surface area contributed by atoms with E-state index < -0.39 is 5.97 Å². The minimum absolute atomic E-state index is 0.307. The molecule has 0 saturated carbocycles. The van der Waals surface area contributed by atoms with Gasteiger partial charge >= 0.3 is 5.97 Å². The molecule has 1 aromatic heterocycles. The van der Waals surface area contributed by atoms with E-state index in [9.17, 15) is 9.18 Å². The van der Waals surface area contributed by atoms with E-state index in [0.717, 1.165) is 29.6 Å². The van der Waals surface area contributed by atoms with Gasteiger partial charge in [-0.05, 0) is 37.1 Å². The number of aliphatic carboxylic acids is 1. The number of benzene rings is 1. The van der Waals surface area contributed by atoms with Crippen LogP contribution in [-0.4, -0.2) is 29.1 Å². The van der Waals surface area contributed by atoms with E-state index in [-0.39, 0.29) is 11.7 Å². The second-order valence-electron chi connectivity index (χ2n) is 5.11. The molecule has 1 saturated heterocycles. The van der Waals surface area contributed by atoms with Crippen molar-refractivity contribution >= 4 is 22.6 Å². The molecule has 0 amide bonds. The first-order valence-electron chi connectivity index (χ1n) is 6.67. The minimum Gasteiger partial charge on any atom is -0.481 e. The van der Waals surface area contributed by atoms with Crippen LogP contribution in [0.2, 0.25) is 0 Å². The maximum Gasteiger partial charge on any atom is 0.308 e. The van der Waals surface area contributed by atoms with Gasteiger partial charge in [-0.15, -0.1) is 0 Å². The summed E-state index contributed by atoms with van der Waals surface area (Å²) in [4.78, 5) is 17.4. The number of halogens is 1. The predicted octanol–water partition coefficient (Wildman–Crippen LogP) is 2.67. The zero-order valence-electron chi connectivity index (χ0n) is 10.9. The fourth-order valence-corrected chi connectivity index (χ4v) is 2.78. The monoisotopic (exact) mass is 274 g/mol. The van der Waals surface area contributed by atoms with Crippen molar-refractivity contribution in [1.82, 2.24) is 4.98 Å². The van der Waals surface area contributed by atoms with E-state index in [1.54, 1.807) is 12.3 Å². The molecule has 1 fully saturated rings. The van der Waals surface area contributed by atoms with Crippen LogP contribution < -0.4 is 4.90 Å². The third-order valence-corrected chi connectivity index (χ3v) is 3.79. The van der Waals surface area contributed by atoms with Gasteiger partial charge in [0.15, 0.2) is 0 Å². The lowest BCUT2D eigenvalue weighted by molar-refractivity contribution is -0.141. The van der Waals surface area contributed by atoms with Crippen LogP contribution in [0.4, 0.5) is 10.1 Å². The van der Waals surface area contributed by atoms with Crippen molar-refractivity contribution in [2.75, 3.05) is 18.0 Å². The van der Waals surface area contributed by atoms with Gasteiger partial charge < -0.3 is 10.0 Å². The van der Waals surface area contributed by atoms with E-state index in [1.165, 1.54) is 12.1 Å². The van der Waals surface area contributed by atoms with Crippen molar-refractivity contribution in [3.05, 3.63) is 36.3 Å². The third-order valence-electron chi connectivity index (χ3n) is 3.79. The highest BCUT2D eigenvalue weighted by Gasteiger charge is 2.26. The SMILES string of the molecule is O=C(O)C1CCCN(c2ccnc3ccc(F)cc23)C1. The Bertz CT molecular complexity index is 659. The highest BCUT2D eigenvalue weighted by atomic mass is 19.1. The molecule has 2 heterocycles. The number of carboxylic acids is 1. The number of hydrogen-bond acceptors (Lipinski definition) is 3. The van der Waals surface area contributed by atoms with Gasteiger partial charge in [0.25, 0.3) is 0 Å². The molecule has 1 aromatic carbocycles. The summed E-state index contributed by atoms with van der Waals surface area (Å²) in [7, 11) is 0. The average Bonchev–Trinajstić information content (AvgIpc) is 2.46. The molecule has 4 nitrogen and oxygen atoms in total. The van der Waals surface area contributed by atoms with Crippen molar-refractivity contribution in [3.63, 3.8) is 0 Å². The molecule has 1 atom stereocenters. The summed E-state index contributed by atoms with van der Waals surface area (Å²) in [5, 5.41) is 9.90. The number of anilines is 1. The van der Waals surface area contributed by atoms with Gasteiger partial charge in [-0.1, -0.05) is 0 Å². The van der Waals surface area contributed by atoms with E-state index in [2.05, 4.69) is 4.98 Å². The summed E-state index contributed by atoms with van der Waals surface area (Å²) in [6, 6.07) is 6.32. The van der Waals surface area contributed by atoms with Crippen LogP contribution in [0.3, 0.4) is 0 Å². The van der Waals surface area contributed by atoms with Gasteiger partial charge in [-0.3, -0.25) is 9.78 Å². The largest absolute Gasteiger partial charge is 0.481 e. The number of fused-ring (bicyclic) bond motifs is 1. The molecule has 1 aliphatic rings. The quantitative estimate of drug-likeness (QED) is 0.914. The zero-order chi connectivity index (χ0) is 14.1. The molecule has 3 rings (SSSR count). The molecule has 2 aromatic rings. The summed E-state index contributed by atoms with van der Waals surface area (Å²) in [6.45, 7) is 1.25. The molecule has 1 aliphatic heterocycles. The number of hydrogen-bond donors (Lipinski definition) is 1. The summed E-state index contributed by atoms with van der Waals surface area (Å²) < 4.78 is 13.4. The van der Waals surface area contributed by atoms with Crippen LogP contribution in [0.5, 0.6) is 0 Å². The minimum atomic E-state index is -0.765. The Labute approximate surface area is 115 Å². The number of aromatic nitrogens is 1. The van der Waals surface area contributed by atoms with Gasteiger partial charge in [0, 0.05) is 30.4 Å². The summed E-state index contributed by atoms with van der Waals surface area (Å²) in [5.41, 5.74) is 1.58. The summed E-state index contributed by atoms with van der Waals surface area (Å²) in [5.74, 6) is -1.43. The maximum atomic E-state index is 13.4. The highest BCUT2D eigenvalue weighted by Crippen LogP contribution is 2.29. The van der Waals surface area contributed by atoms with Crippen LogP contribution in [0, 0.1) is 11.7 Å². The number of nitrogens with zero attached hydrogens (tertiary/aromatic N) is 2. The number of carbonyl (C=O) groups is 1. The Morgan fingerprint density at radius 1 is 1.40 bits per heavy atom. The van der Waals surface area contributed by atoms with E-state index in [4.69, 9.17) is 5.11 Å². The number of rotatable bonds is 2. The van der Waals surface area contributed by atoms with Crippen LogP contribution in [-0.2, 0) is 4.79 Å². The van der Waals surface area contributed by atoms with Gasteiger partial charge in [-0.25, -0.2) is 4.39 Å². The molecule has 1 N–H and O–H groups in total. The number of piperidine rings is 1. The van der Waals surface area contributed by atoms with E-state index in [0.29, 0.717) is 13.0 Å². The molecule has 20 heavy (non-hydrogen) atoms. The van der Waals surface area contributed by atoms with Crippen LogP contribution >= 0.6 is 0 Å². The molecule has 0 radical (unpaired) electrons. The average molecular weight is 274 g/mol. The molecule has 0 spiro atoms. The van der Waals surface area contributed by atoms with Gasteiger partial charge in [0.2, 0.25) is 0 Å². The summed E-state index contributed by atoms with van der Waals surface area (Å²) >= 11 is 0. The van der Waals surface area contributed by atoms with Gasteiger partial charge in [0.05, 0.1) is 11.4 Å². The second-order valence-corrected chi connectivity index (χ2v) is 5.11. The highest BCUT2D eigenvalue weighted by molar-refractivity contribution is 5.91. The Kier molecular flexibility index (Phi) is 3.26. The molecular weight excluding hydrogens is 259 g/mol. The Balaban J connectivity index is 2.01. The number of carboxylic acid groups (broad SMARTS) is 1. The maximum absolute atomic E-state index is 13.4. The van der Waals surface area contributed by atoms with Gasteiger partial charge in [0.1, 0.15) is 5.82 Å². The zero-order valence-corrected chi connectivity index (χ0v) is 10.9. The first-order chi connectivity index (χ1) is 9.65. The molecule has 5 heteroatoms. The van der Waals surface area contributed by atoms with Crippen molar-refractivity contribution in [2.24, 2.45) is 5.92 Å². The first kappa shape index (κ1) is 12.8. The van der Waals surface area contributed by atoms with Crippen LogP contribution in [0.15, 0.2) is 30.5 Å². The second kappa shape index (κ2) is 5.07. The molecule has 1 unspecified atom stereocenters. The molecule has 0 aliphatic carbocycles. The molecule has 0 bridgehead atoms. The predicted molar refractivity (Wildman–Crippen MR) is 74.3 cm³/mol. The Hall–Kier alpha value is -2.17. The van der Waals surface area contributed by atoms with Crippen LogP contribution in [0.25, 0.3) is 10.9 Å². The molecular formula is C15H15FN2O2. The van der Waals surface area contributed by atoms with E-state index in [1.807, 2.05) is 11.0 Å². The lowest BCUT2D eigenvalue weighted by Gasteiger charge is -2.33.